The molecule has 0 saturated heterocycles. The van der Waals surface area contributed by atoms with Crippen molar-refractivity contribution >= 4 is 28.2 Å². The SMILES string of the molecule is c1cc2nc(Nc3cc(NC4CC4)ccn3)ccc2cn1. The molecule has 0 radical (unpaired) electrons. The summed E-state index contributed by atoms with van der Waals surface area (Å²) in [6, 6.07) is 10.5. The van der Waals surface area contributed by atoms with Gasteiger partial charge in [0.2, 0.25) is 0 Å². The van der Waals surface area contributed by atoms with Crippen LogP contribution in [0.3, 0.4) is 0 Å². The number of fused-ring (bicyclic) bond motifs is 1. The smallest absolute Gasteiger partial charge is 0.133 e. The molecule has 4 rings (SSSR count). The Labute approximate surface area is 122 Å². The predicted octanol–water partition coefficient (Wildman–Crippen LogP) is 3.34. The van der Waals surface area contributed by atoms with E-state index in [1.807, 2.05) is 36.5 Å². The Morgan fingerprint density at radius 1 is 1.00 bits per heavy atom. The van der Waals surface area contributed by atoms with Gasteiger partial charge in [-0.05, 0) is 37.1 Å². The van der Waals surface area contributed by atoms with Gasteiger partial charge >= 0.3 is 0 Å². The van der Waals surface area contributed by atoms with Crippen molar-refractivity contribution in [2.45, 2.75) is 18.9 Å². The zero-order valence-corrected chi connectivity index (χ0v) is 11.5. The Hall–Kier alpha value is -2.69. The summed E-state index contributed by atoms with van der Waals surface area (Å²) in [4.78, 5) is 13.0. The molecule has 0 amide bonds. The average molecular weight is 277 g/mol. The number of anilines is 3. The van der Waals surface area contributed by atoms with E-state index >= 15 is 0 Å². The van der Waals surface area contributed by atoms with Crippen molar-refractivity contribution in [3.63, 3.8) is 0 Å². The van der Waals surface area contributed by atoms with E-state index in [2.05, 4.69) is 25.6 Å². The Morgan fingerprint density at radius 3 is 2.86 bits per heavy atom. The Bertz CT molecular complexity index is 782. The fourth-order valence-electron chi connectivity index (χ4n) is 2.22. The van der Waals surface area contributed by atoms with Crippen LogP contribution in [0.1, 0.15) is 12.8 Å². The largest absolute Gasteiger partial charge is 0.382 e. The lowest BCUT2D eigenvalue weighted by Crippen LogP contribution is -2.02. The van der Waals surface area contributed by atoms with E-state index in [0.717, 1.165) is 28.2 Å². The fourth-order valence-corrected chi connectivity index (χ4v) is 2.22. The molecule has 104 valence electrons. The number of nitrogens with one attached hydrogen (secondary N) is 2. The molecule has 0 unspecified atom stereocenters. The summed E-state index contributed by atoms with van der Waals surface area (Å²) < 4.78 is 0. The van der Waals surface area contributed by atoms with E-state index in [4.69, 9.17) is 0 Å². The van der Waals surface area contributed by atoms with Gasteiger partial charge in [-0.1, -0.05) is 0 Å². The fraction of sp³-hybridized carbons (Fsp3) is 0.188. The van der Waals surface area contributed by atoms with E-state index in [1.54, 1.807) is 12.4 Å². The lowest BCUT2D eigenvalue weighted by molar-refractivity contribution is 1.15. The second-order valence-electron chi connectivity index (χ2n) is 5.24. The van der Waals surface area contributed by atoms with E-state index in [9.17, 15) is 0 Å². The maximum atomic E-state index is 4.56. The Balaban J connectivity index is 1.58. The van der Waals surface area contributed by atoms with Gasteiger partial charge in [0.25, 0.3) is 0 Å². The van der Waals surface area contributed by atoms with Gasteiger partial charge in [0.15, 0.2) is 0 Å². The van der Waals surface area contributed by atoms with Crippen molar-refractivity contribution < 1.29 is 0 Å². The van der Waals surface area contributed by atoms with Crippen LogP contribution < -0.4 is 10.6 Å². The van der Waals surface area contributed by atoms with Gasteiger partial charge < -0.3 is 10.6 Å². The molecule has 0 atom stereocenters. The van der Waals surface area contributed by atoms with Gasteiger partial charge in [-0.3, -0.25) is 4.98 Å². The first-order chi connectivity index (χ1) is 10.4. The van der Waals surface area contributed by atoms with Crippen LogP contribution in [-0.4, -0.2) is 21.0 Å². The van der Waals surface area contributed by atoms with Crippen LogP contribution in [0.4, 0.5) is 17.3 Å². The van der Waals surface area contributed by atoms with Crippen LogP contribution in [0, 0.1) is 0 Å². The zero-order chi connectivity index (χ0) is 14.1. The van der Waals surface area contributed by atoms with Crippen molar-refractivity contribution in [3.05, 3.63) is 48.9 Å². The van der Waals surface area contributed by atoms with Crippen molar-refractivity contribution in [2.75, 3.05) is 10.6 Å². The third-order valence-corrected chi connectivity index (χ3v) is 3.45. The maximum Gasteiger partial charge on any atom is 0.133 e. The van der Waals surface area contributed by atoms with Gasteiger partial charge in [0.1, 0.15) is 11.6 Å². The van der Waals surface area contributed by atoms with Gasteiger partial charge in [-0.2, -0.15) is 0 Å². The summed E-state index contributed by atoms with van der Waals surface area (Å²) in [5, 5.41) is 7.74. The number of pyridine rings is 3. The van der Waals surface area contributed by atoms with E-state index < -0.39 is 0 Å². The number of aromatic nitrogens is 3. The first-order valence-electron chi connectivity index (χ1n) is 7.07. The minimum absolute atomic E-state index is 0.631. The van der Waals surface area contributed by atoms with Gasteiger partial charge in [0.05, 0.1) is 5.52 Å². The van der Waals surface area contributed by atoms with Crippen LogP contribution in [-0.2, 0) is 0 Å². The summed E-state index contributed by atoms with van der Waals surface area (Å²) in [7, 11) is 0. The van der Waals surface area contributed by atoms with E-state index in [0.29, 0.717) is 6.04 Å². The molecule has 0 aliphatic heterocycles. The maximum absolute atomic E-state index is 4.56. The molecule has 1 saturated carbocycles. The summed E-state index contributed by atoms with van der Waals surface area (Å²) in [5.74, 6) is 1.58. The van der Waals surface area contributed by atoms with Crippen molar-refractivity contribution in [2.24, 2.45) is 0 Å². The van der Waals surface area contributed by atoms with Crippen LogP contribution in [0.5, 0.6) is 0 Å². The molecule has 0 spiro atoms. The summed E-state index contributed by atoms with van der Waals surface area (Å²) in [6.45, 7) is 0. The second kappa shape index (κ2) is 5.01. The van der Waals surface area contributed by atoms with Crippen molar-refractivity contribution in [3.8, 4) is 0 Å². The normalized spacial score (nSPS) is 14.1. The van der Waals surface area contributed by atoms with E-state index in [1.165, 1.54) is 12.8 Å². The van der Waals surface area contributed by atoms with Crippen molar-refractivity contribution in [1.29, 1.82) is 0 Å². The monoisotopic (exact) mass is 277 g/mol. The molecule has 1 aliphatic carbocycles. The van der Waals surface area contributed by atoms with Gasteiger partial charge in [-0.15, -0.1) is 0 Å². The molecule has 1 aliphatic rings. The van der Waals surface area contributed by atoms with Crippen LogP contribution in [0.15, 0.2) is 48.9 Å². The Kier molecular flexibility index (Phi) is 2.88. The quantitative estimate of drug-likeness (QED) is 0.765. The molecule has 5 heteroatoms. The zero-order valence-electron chi connectivity index (χ0n) is 11.5. The number of rotatable bonds is 4. The molecular weight excluding hydrogens is 262 g/mol. The van der Waals surface area contributed by atoms with Crippen LogP contribution in [0.25, 0.3) is 10.9 Å². The highest BCUT2D eigenvalue weighted by atomic mass is 15.1. The van der Waals surface area contributed by atoms with E-state index in [-0.39, 0.29) is 0 Å². The van der Waals surface area contributed by atoms with Gasteiger partial charge in [-0.25, -0.2) is 9.97 Å². The Morgan fingerprint density at radius 2 is 1.95 bits per heavy atom. The first kappa shape index (κ1) is 12.1. The molecule has 0 aromatic carbocycles. The molecule has 3 aromatic heterocycles. The molecule has 3 heterocycles. The molecule has 0 bridgehead atoms. The topological polar surface area (TPSA) is 62.7 Å². The third-order valence-electron chi connectivity index (χ3n) is 3.45. The minimum atomic E-state index is 0.631. The first-order valence-corrected chi connectivity index (χ1v) is 7.07. The number of hydrogen-bond donors (Lipinski definition) is 2. The highest BCUT2D eigenvalue weighted by molar-refractivity contribution is 5.79. The number of hydrogen-bond acceptors (Lipinski definition) is 5. The van der Waals surface area contributed by atoms with Gasteiger partial charge in [0, 0.05) is 41.8 Å². The predicted molar refractivity (Wildman–Crippen MR) is 83.7 cm³/mol. The average Bonchev–Trinajstić information content (AvgIpc) is 3.31. The highest BCUT2D eigenvalue weighted by Gasteiger charge is 2.20. The summed E-state index contributed by atoms with van der Waals surface area (Å²) in [6.07, 6.45) is 7.87. The molecule has 21 heavy (non-hydrogen) atoms. The lowest BCUT2D eigenvalue weighted by atomic mass is 10.3. The van der Waals surface area contributed by atoms with Crippen molar-refractivity contribution in [1.82, 2.24) is 15.0 Å². The third kappa shape index (κ3) is 2.76. The second-order valence-corrected chi connectivity index (χ2v) is 5.24. The summed E-state index contributed by atoms with van der Waals surface area (Å²) in [5.41, 5.74) is 2.02. The molecular formula is C16H15N5. The molecule has 5 nitrogen and oxygen atoms in total. The molecule has 1 fully saturated rings. The molecule has 2 N–H and O–H groups in total. The highest BCUT2D eigenvalue weighted by Crippen LogP contribution is 2.26. The van der Waals surface area contributed by atoms with Crippen LogP contribution in [0.2, 0.25) is 0 Å². The minimum Gasteiger partial charge on any atom is -0.382 e. The number of nitrogens with zero attached hydrogens (tertiary/aromatic N) is 3. The standard InChI is InChI=1S/C16H15N5/c1-4-15(20-14-6-7-17-10-11(1)14)21-16-9-13(5-8-18-16)19-12-2-3-12/h1,4-10,12H,2-3H2,(H2,18,19,20,21). The molecule has 3 aromatic rings. The van der Waals surface area contributed by atoms with Crippen LogP contribution >= 0.6 is 0 Å². The summed E-state index contributed by atoms with van der Waals surface area (Å²) >= 11 is 0. The lowest BCUT2D eigenvalue weighted by Gasteiger charge is -2.08.